The monoisotopic (exact) mass is 185 g/mol. The Morgan fingerprint density at radius 3 is 2.77 bits per heavy atom. The minimum atomic E-state index is -0.203. The topological polar surface area (TPSA) is 29.9 Å². The van der Waals surface area contributed by atoms with E-state index in [2.05, 4.69) is 10.4 Å². The van der Waals surface area contributed by atoms with E-state index in [1.54, 1.807) is 6.20 Å². The van der Waals surface area contributed by atoms with Gasteiger partial charge in [-0.3, -0.25) is 0 Å². The molecule has 0 aliphatic carbocycles. The van der Waals surface area contributed by atoms with Crippen LogP contribution in [0.2, 0.25) is 0 Å². The van der Waals surface area contributed by atoms with Crippen LogP contribution in [0.25, 0.3) is 0 Å². The highest BCUT2D eigenvalue weighted by atomic mass is 19.1. The zero-order valence-corrected chi connectivity index (χ0v) is 8.34. The Kier molecular flexibility index (Phi) is 3.42. The molecule has 4 heteroatoms. The van der Waals surface area contributed by atoms with E-state index in [9.17, 15) is 4.39 Å². The van der Waals surface area contributed by atoms with Crippen molar-refractivity contribution in [1.82, 2.24) is 15.1 Å². The van der Waals surface area contributed by atoms with Gasteiger partial charge in [-0.2, -0.15) is 9.49 Å². The van der Waals surface area contributed by atoms with Gasteiger partial charge in [-0.25, -0.2) is 4.68 Å². The lowest BCUT2D eigenvalue weighted by Crippen LogP contribution is -2.11. The molecule has 3 nitrogen and oxygen atoms in total. The van der Waals surface area contributed by atoms with E-state index in [1.807, 2.05) is 20.9 Å². The van der Waals surface area contributed by atoms with Crippen molar-refractivity contribution in [3.8, 4) is 0 Å². The molecule has 1 N–H and O–H groups in total. The third-order valence-electron chi connectivity index (χ3n) is 1.94. The molecule has 1 aromatic heterocycles. The minimum Gasteiger partial charge on any atom is -0.319 e. The Morgan fingerprint density at radius 2 is 2.31 bits per heavy atom. The number of aromatic nitrogens is 2. The number of hydrogen-bond donors (Lipinski definition) is 1. The molecule has 13 heavy (non-hydrogen) atoms. The number of nitrogens with one attached hydrogen (secondary N) is 1. The molecule has 0 fully saturated rings. The predicted molar refractivity (Wildman–Crippen MR) is 50.2 cm³/mol. The summed E-state index contributed by atoms with van der Waals surface area (Å²) in [5, 5.41) is 6.96. The maximum absolute atomic E-state index is 13.5. The summed E-state index contributed by atoms with van der Waals surface area (Å²) in [6, 6.07) is 0.0864. The van der Waals surface area contributed by atoms with Crippen molar-refractivity contribution >= 4 is 0 Å². The van der Waals surface area contributed by atoms with Crippen molar-refractivity contribution < 1.29 is 4.39 Å². The molecule has 0 bridgehead atoms. The number of halogens is 1. The first-order valence-electron chi connectivity index (χ1n) is 4.53. The fourth-order valence-electron chi connectivity index (χ4n) is 1.17. The molecule has 0 radical (unpaired) electrons. The van der Waals surface area contributed by atoms with Crippen molar-refractivity contribution in [2.75, 3.05) is 13.6 Å². The first-order valence-corrected chi connectivity index (χ1v) is 4.53. The summed E-state index contributed by atoms with van der Waals surface area (Å²) >= 11 is 0. The Bertz CT molecular complexity index is 268. The van der Waals surface area contributed by atoms with Gasteiger partial charge in [-0.1, -0.05) is 0 Å². The van der Waals surface area contributed by atoms with Gasteiger partial charge < -0.3 is 5.32 Å². The fraction of sp³-hybridized carbons (Fsp3) is 0.667. The first kappa shape index (κ1) is 10.2. The van der Waals surface area contributed by atoms with Gasteiger partial charge in [0.05, 0.1) is 6.20 Å². The van der Waals surface area contributed by atoms with E-state index in [0.29, 0.717) is 12.0 Å². The van der Waals surface area contributed by atoms with Crippen LogP contribution in [-0.4, -0.2) is 23.4 Å². The smallest absolute Gasteiger partial charge is 0.214 e. The van der Waals surface area contributed by atoms with Crippen LogP contribution in [0.5, 0.6) is 0 Å². The van der Waals surface area contributed by atoms with Gasteiger partial charge in [0.15, 0.2) is 0 Å². The second-order valence-corrected chi connectivity index (χ2v) is 3.35. The van der Waals surface area contributed by atoms with Crippen LogP contribution in [-0.2, 0) is 6.42 Å². The average Bonchev–Trinajstić information content (AvgIpc) is 2.43. The molecule has 1 heterocycles. The van der Waals surface area contributed by atoms with E-state index >= 15 is 0 Å². The lowest BCUT2D eigenvalue weighted by atomic mass is 10.2. The van der Waals surface area contributed by atoms with Crippen molar-refractivity contribution in [1.29, 1.82) is 0 Å². The van der Waals surface area contributed by atoms with Crippen LogP contribution in [0.1, 0.15) is 25.5 Å². The molecule has 0 atom stereocenters. The summed E-state index contributed by atoms with van der Waals surface area (Å²) in [6.07, 6.45) is 2.29. The second-order valence-electron chi connectivity index (χ2n) is 3.35. The van der Waals surface area contributed by atoms with E-state index in [1.165, 1.54) is 4.68 Å². The van der Waals surface area contributed by atoms with Crippen LogP contribution in [0.15, 0.2) is 6.20 Å². The summed E-state index contributed by atoms with van der Waals surface area (Å²) in [5.41, 5.74) is 0.683. The lowest BCUT2D eigenvalue weighted by molar-refractivity contribution is 0.411. The summed E-state index contributed by atoms with van der Waals surface area (Å²) in [4.78, 5) is 0. The zero-order valence-electron chi connectivity index (χ0n) is 8.34. The molecule has 0 saturated heterocycles. The number of nitrogens with zero attached hydrogens (tertiary/aromatic N) is 2. The van der Waals surface area contributed by atoms with Crippen molar-refractivity contribution in [2.45, 2.75) is 26.3 Å². The summed E-state index contributed by atoms with van der Waals surface area (Å²) in [6.45, 7) is 4.61. The molecular weight excluding hydrogens is 169 g/mol. The van der Waals surface area contributed by atoms with Gasteiger partial charge >= 0.3 is 0 Å². The van der Waals surface area contributed by atoms with Gasteiger partial charge in [-0.15, -0.1) is 0 Å². The van der Waals surface area contributed by atoms with Gasteiger partial charge in [0.1, 0.15) is 0 Å². The van der Waals surface area contributed by atoms with Crippen LogP contribution < -0.4 is 5.32 Å². The molecule has 0 aromatic carbocycles. The molecule has 74 valence electrons. The zero-order chi connectivity index (χ0) is 9.84. The van der Waals surface area contributed by atoms with Crippen molar-refractivity contribution in [3.05, 3.63) is 17.7 Å². The van der Waals surface area contributed by atoms with E-state index in [0.717, 1.165) is 6.54 Å². The Hall–Kier alpha value is -0.900. The van der Waals surface area contributed by atoms with Gasteiger partial charge in [0.2, 0.25) is 5.95 Å². The maximum Gasteiger partial charge on any atom is 0.214 e. The summed E-state index contributed by atoms with van der Waals surface area (Å²) in [5.74, 6) is -0.203. The molecule has 0 aliphatic heterocycles. The molecule has 1 aromatic rings. The highest BCUT2D eigenvalue weighted by Gasteiger charge is 2.11. The number of hydrogen-bond acceptors (Lipinski definition) is 2. The third kappa shape index (κ3) is 2.28. The number of likely N-dealkylation sites (N-methyl/N-ethyl adjacent to an activating group) is 1. The van der Waals surface area contributed by atoms with Crippen molar-refractivity contribution in [2.24, 2.45) is 0 Å². The minimum absolute atomic E-state index is 0.0864. The standard InChI is InChI=1S/C9H16FN3/c1-7(2)13-9(10)8(6-12-13)4-5-11-3/h6-7,11H,4-5H2,1-3H3. The van der Waals surface area contributed by atoms with Crippen LogP contribution in [0.4, 0.5) is 4.39 Å². The third-order valence-corrected chi connectivity index (χ3v) is 1.94. The Labute approximate surface area is 77.9 Å². The second kappa shape index (κ2) is 4.37. The van der Waals surface area contributed by atoms with Gasteiger partial charge in [0, 0.05) is 11.6 Å². The van der Waals surface area contributed by atoms with Crippen molar-refractivity contribution in [3.63, 3.8) is 0 Å². The summed E-state index contributed by atoms with van der Waals surface area (Å²) in [7, 11) is 1.85. The molecular formula is C9H16FN3. The van der Waals surface area contributed by atoms with Crippen LogP contribution in [0, 0.1) is 5.95 Å². The van der Waals surface area contributed by atoms with E-state index in [4.69, 9.17) is 0 Å². The van der Waals surface area contributed by atoms with Gasteiger partial charge in [-0.05, 0) is 33.9 Å². The Balaban J connectivity index is 2.74. The molecule has 0 spiro atoms. The van der Waals surface area contributed by atoms with E-state index in [-0.39, 0.29) is 12.0 Å². The molecule has 0 aliphatic rings. The number of rotatable bonds is 4. The van der Waals surface area contributed by atoms with Crippen LogP contribution in [0.3, 0.4) is 0 Å². The van der Waals surface area contributed by atoms with Gasteiger partial charge in [0.25, 0.3) is 0 Å². The first-order chi connectivity index (χ1) is 6.16. The molecule has 0 amide bonds. The summed E-state index contributed by atoms with van der Waals surface area (Å²) < 4.78 is 14.9. The SMILES string of the molecule is CNCCc1cnn(C(C)C)c1F. The lowest BCUT2D eigenvalue weighted by Gasteiger charge is -2.05. The fourth-order valence-corrected chi connectivity index (χ4v) is 1.17. The van der Waals surface area contributed by atoms with E-state index < -0.39 is 0 Å². The average molecular weight is 185 g/mol. The molecule has 0 saturated carbocycles. The molecule has 0 unspecified atom stereocenters. The largest absolute Gasteiger partial charge is 0.319 e. The Morgan fingerprint density at radius 1 is 1.62 bits per heavy atom. The normalized spacial score (nSPS) is 11.2. The maximum atomic E-state index is 13.5. The highest BCUT2D eigenvalue weighted by Crippen LogP contribution is 2.11. The highest BCUT2D eigenvalue weighted by molar-refractivity contribution is 5.07. The van der Waals surface area contributed by atoms with Crippen LogP contribution >= 0.6 is 0 Å². The predicted octanol–water partition coefficient (Wildman–Crippen LogP) is 1.36. The quantitative estimate of drug-likeness (QED) is 0.767. The molecule has 1 rings (SSSR count).